The summed E-state index contributed by atoms with van der Waals surface area (Å²) < 4.78 is 11.1. The van der Waals surface area contributed by atoms with Crippen LogP contribution < -0.4 is 4.74 Å². The Morgan fingerprint density at radius 2 is 1.89 bits per heavy atom. The molecule has 0 aliphatic carbocycles. The lowest BCUT2D eigenvalue weighted by molar-refractivity contribution is -0.142. The topological polar surface area (TPSA) is 95.8 Å². The highest BCUT2D eigenvalue weighted by atomic mass is 35.5. The molecule has 2 amide bonds. The van der Waals surface area contributed by atoms with Crippen molar-refractivity contribution in [3.8, 4) is 11.9 Å². The van der Waals surface area contributed by atoms with E-state index < -0.39 is 0 Å². The van der Waals surface area contributed by atoms with E-state index in [1.165, 1.54) is 13.3 Å². The van der Waals surface area contributed by atoms with Crippen molar-refractivity contribution in [3.05, 3.63) is 57.7 Å². The number of carbonyl (C=O) groups excluding carboxylic acids is 2. The van der Waals surface area contributed by atoms with Crippen molar-refractivity contribution in [1.29, 1.82) is 5.26 Å². The molecule has 4 rings (SSSR count). The van der Waals surface area contributed by atoms with Gasteiger partial charge >= 0.3 is 0 Å². The molecule has 2 fully saturated rings. The third-order valence-corrected chi connectivity index (χ3v) is 8.03. The van der Waals surface area contributed by atoms with E-state index in [0.717, 1.165) is 5.56 Å². The number of ether oxygens (including phenoxy) is 2. The van der Waals surface area contributed by atoms with Gasteiger partial charge in [0.15, 0.2) is 0 Å². The molecule has 10 heteroatoms. The molecule has 2 aliphatic rings. The van der Waals surface area contributed by atoms with Gasteiger partial charge in [0.2, 0.25) is 17.7 Å². The van der Waals surface area contributed by atoms with Crippen molar-refractivity contribution in [2.75, 3.05) is 39.9 Å². The van der Waals surface area contributed by atoms with E-state index >= 15 is 0 Å². The van der Waals surface area contributed by atoms with Crippen molar-refractivity contribution in [2.45, 2.75) is 31.8 Å². The highest BCUT2D eigenvalue weighted by molar-refractivity contribution is 6.42. The fourth-order valence-corrected chi connectivity index (χ4v) is 5.53. The van der Waals surface area contributed by atoms with Crippen LogP contribution in [-0.4, -0.2) is 72.6 Å². The van der Waals surface area contributed by atoms with Crippen LogP contribution in [-0.2, 0) is 14.3 Å². The molecule has 0 bridgehead atoms. The van der Waals surface area contributed by atoms with Gasteiger partial charge in [0.25, 0.3) is 0 Å². The second-order valence-electron chi connectivity index (χ2n) is 9.60. The second kappa shape index (κ2) is 12.1. The number of rotatable bonds is 7. The molecule has 0 saturated carbocycles. The number of halogens is 2. The molecule has 37 heavy (non-hydrogen) atoms. The number of methoxy groups -OCH3 is 1. The number of amides is 2. The number of hydrogen-bond donors (Lipinski definition) is 0. The average Bonchev–Trinajstić information content (AvgIpc) is 3.36. The molecule has 1 aromatic heterocycles. The lowest BCUT2D eigenvalue weighted by atomic mass is 9.86. The van der Waals surface area contributed by atoms with Crippen molar-refractivity contribution in [2.24, 2.45) is 11.8 Å². The number of benzene rings is 1. The van der Waals surface area contributed by atoms with Gasteiger partial charge in [-0.1, -0.05) is 29.3 Å². The molecule has 2 saturated heterocycles. The van der Waals surface area contributed by atoms with E-state index in [0.29, 0.717) is 60.5 Å². The predicted octanol–water partition coefficient (Wildman–Crippen LogP) is 4.15. The number of pyridine rings is 1. The lowest BCUT2D eigenvalue weighted by Crippen LogP contribution is -2.45. The lowest BCUT2D eigenvalue weighted by Gasteiger charge is -2.33. The normalized spacial score (nSPS) is 20.9. The Kier molecular flexibility index (Phi) is 8.91. The maximum Gasteiger partial charge on any atom is 0.248 e. The fourth-order valence-electron chi connectivity index (χ4n) is 5.22. The maximum absolute atomic E-state index is 13.6. The van der Waals surface area contributed by atoms with Crippen molar-refractivity contribution in [1.82, 2.24) is 14.8 Å². The zero-order chi connectivity index (χ0) is 26.5. The summed E-state index contributed by atoms with van der Waals surface area (Å²) in [4.78, 5) is 33.6. The third-order valence-electron chi connectivity index (χ3n) is 7.29. The van der Waals surface area contributed by atoms with E-state index in [9.17, 15) is 9.59 Å². The Hall–Kier alpha value is -2.86. The number of aromatic nitrogens is 1. The van der Waals surface area contributed by atoms with Gasteiger partial charge in [-0.15, -0.1) is 0 Å². The Morgan fingerprint density at radius 3 is 2.51 bits per heavy atom. The van der Waals surface area contributed by atoms with Crippen LogP contribution in [0.2, 0.25) is 10.0 Å². The fraction of sp³-hybridized carbons (Fsp3) is 0.481. The standard InChI is InChI=1S/C27H30Cl2N4O4/c1-17(37-25-6-3-18(12-30)13-31-25)21-14-33(15-22(21)20-4-5-23(28)24(29)11-20)27(35)19-7-9-32(10-8-19)26(34)16-36-2/h3-6,11,13,17,19,21-22H,7-10,14-16H2,1-2H3/t17-,21+,22+/m0/s1. The molecule has 0 N–H and O–H groups in total. The van der Waals surface area contributed by atoms with Gasteiger partial charge in [-0.2, -0.15) is 5.26 Å². The summed E-state index contributed by atoms with van der Waals surface area (Å²) in [5, 5.41) is 9.98. The first-order valence-corrected chi connectivity index (χ1v) is 13.1. The first kappa shape index (κ1) is 27.2. The largest absolute Gasteiger partial charge is 0.474 e. The summed E-state index contributed by atoms with van der Waals surface area (Å²) in [6.45, 7) is 4.21. The molecule has 0 spiro atoms. The van der Waals surface area contributed by atoms with Gasteiger partial charge in [-0.3, -0.25) is 9.59 Å². The Labute approximate surface area is 227 Å². The van der Waals surface area contributed by atoms with Gasteiger partial charge in [0.1, 0.15) is 18.8 Å². The van der Waals surface area contributed by atoms with Gasteiger partial charge in [-0.25, -0.2) is 4.98 Å². The number of piperidine rings is 1. The van der Waals surface area contributed by atoms with Gasteiger partial charge in [0, 0.05) is 63.3 Å². The maximum atomic E-state index is 13.6. The van der Waals surface area contributed by atoms with Crippen molar-refractivity contribution < 1.29 is 19.1 Å². The Bertz CT molecular complexity index is 1160. The first-order chi connectivity index (χ1) is 17.8. The number of likely N-dealkylation sites (tertiary alicyclic amines) is 2. The molecule has 3 heterocycles. The molecule has 2 aromatic rings. The zero-order valence-electron chi connectivity index (χ0n) is 20.9. The molecule has 1 aromatic carbocycles. The van der Waals surface area contributed by atoms with Gasteiger partial charge in [0.05, 0.1) is 15.6 Å². The van der Waals surface area contributed by atoms with Gasteiger partial charge in [-0.05, 0) is 43.5 Å². The summed E-state index contributed by atoms with van der Waals surface area (Å²) in [5.74, 6) is 0.345. The third kappa shape index (κ3) is 6.35. The van der Waals surface area contributed by atoms with E-state index in [2.05, 4.69) is 11.1 Å². The highest BCUT2D eigenvalue weighted by Gasteiger charge is 2.42. The van der Waals surface area contributed by atoms with Crippen LogP contribution in [0, 0.1) is 23.2 Å². The van der Waals surface area contributed by atoms with Crippen molar-refractivity contribution >= 4 is 35.0 Å². The predicted molar refractivity (Wildman–Crippen MR) is 139 cm³/mol. The average molecular weight is 545 g/mol. The molecule has 3 atom stereocenters. The summed E-state index contributed by atoms with van der Waals surface area (Å²) in [6.07, 6.45) is 2.49. The van der Waals surface area contributed by atoms with Gasteiger partial charge < -0.3 is 19.3 Å². The monoisotopic (exact) mass is 544 g/mol. The molecule has 0 unspecified atom stereocenters. The van der Waals surface area contributed by atoms with Crippen molar-refractivity contribution in [3.63, 3.8) is 0 Å². The minimum atomic E-state index is -0.258. The van der Waals surface area contributed by atoms with Crippen LogP contribution in [0.1, 0.15) is 36.8 Å². The zero-order valence-corrected chi connectivity index (χ0v) is 22.4. The van der Waals surface area contributed by atoms with Crippen LogP contribution in [0.4, 0.5) is 0 Å². The Morgan fingerprint density at radius 1 is 1.14 bits per heavy atom. The minimum Gasteiger partial charge on any atom is -0.474 e. The molecular weight excluding hydrogens is 515 g/mol. The van der Waals surface area contributed by atoms with E-state index in [-0.39, 0.29) is 42.3 Å². The summed E-state index contributed by atoms with van der Waals surface area (Å²) >= 11 is 12.5. The smallest absolute Gasteiger partial charge is 0.248 e. The second-order valence-corrected chi connectivity index (χ2v) is 10.4. The van der Waals surface area contributed by atoms with Crippen LogP contribution in [0.3, 0.4) is 0 Å². The summed E-state index contributed by atoms with van der Waals surface area (Å²) in [6, 6.07) is 11.0. The Balaban J connectivity index is 1.49. The molecule has 8 nitrogen and oxygen atoms in total. The van der Waals surface area contributed by atoms with Crippen LogP contribution in [0.5, 0.6) is 5.88 Å². The number of nitriles is 1. The van der Waals surface area contributed by atoms with E-state index in [1.54, 1.807) is 23.1 Å². The van der Waals surface area contributed by atoms with E-state index in [4.69, 9.17) is 37.9 Å². The first-order valence-electron chi connectivity index (χ1n) is 12.3. The van der Waals surface area contributed by atoms with Crippen LogP contribution >= 0.6 is 23.2 Å². The molecule has 196 valence electrons. The van der Waals surface area contributed by atoms with Crippen LogP contribution in [0.15, 0.2) is 36.5 Å². The molecular formula is C27H30Cl2N4O4. The van der Waals surface area contributed by atoms with E-state index in [1.807, 2.05) is 24.0 Å². The number of carbonyl (C=O) groups is 2. The molecule has 0 radical (unpaired) electrons. The number of hydrogen-bond acceptors (Lipinski definition) is 6. The quantitative estimate of drug-likeness (QED) is 0.519. The summed E-state index contributed by atoms with van der Waals surface area (Å²) in [5.41, 5.74) is 1.46. The minimum absolute atomic E-state index is 0.00420. The SMILES string of the molecule is COCC(=O)N1CCC(C(=O)N2C[C@H]([C@H](C)Oc3ccc(C#N)cn3)[C@@H](c3ccc(Cl)c(Cl)c3)C2)CC1. The number of nitrogens with zero attached hydrogens (tertiary/aromatic N) is 4. The summed E-state index contributed by atoms with van der Waals surface area (Å²) in [7, 11) is 1.50. The van der Waals surface area contributed by atoms with Crippen LogP contribution in [0.25, 0.3) is 0 Å². The highest BCUT2D eigenvalue weighted by Crippen LogP contribution is 2.39. The molecule has 2 aliphatic heterocycles.